The topological polar surface area (TPSA) is 76.3 Å². The van der Waals surface area contributed by atoms with E-state index in [0.29, 0.717) is 13.2 Å². The third-order valence-corrected chi connectivity index (χ3v) is 4.91. The van der Waals surface area contributed by atoms with Gasteiger partial charge in [-0.2, -0.15) is 0 Å². The van der Waals surface area contributed by atoms with Crippen molar-refractivity contribution in [2.75, 3.05) is 26.8 Å². The molecule has 1 saturated heterocycles. The summed E-state index contributed by atoms with van der Waals surface area (Å²) in [4.78, 5) is 3.58. The van der Waals surface area contributed by atoms with Gasteiger partial charge in [0.1, 0.15) is 6.04 Å². The predicted molar refractivity (Wildman–Crippen MR) is 82.7 cm³/mol. The van der Waals surface area contributed by atoms with E-state index < -0.39 is 0 Å². The number of ether oxygens (including phenoxy) is 1. The van der Waals surface area contributed by atoms with E-state index in [9.17, 15) is 5.11 Å². The van der Waals surface area contributed by atoms with Crippen LogP contribution in [-0.4, -0.2) is 63.1 Å². The van der Waals surface area contributed by atoms with Crippen LogP contribution in [0, 0.1) is 0 Å². The van der Waals surface area contributed by atoms with Crippen molar-refractivity contribution < 1.29 is 9.84 Å². The van der Waals surface area contributed by atoms with Crippen molar-refractivity contribution in [3.8, 4) is 0 Å². The Kier molecular flexibility index (Phi) is 5.14. The number of aliphatic hydroxyl groups excluding tert-OH is 1. The second-order valence-corrected chi connectivity index (χ2v) is 6.42. The quantitative estimate of drug-likeness (QED) is 0.852. The molecule has 0 aliphatic carbocycles. The minimum Gasteiger partial charge on any atom is -0.393 e. The molecule has 0 radical (unpaired) electrons. The van der Waals surface area contributed by atoms with E-state index in [1.54, 1.807) is 18.4 Å². The van der Waals surface area contributed by atoms with Gasteiger partial charge in [0.25, 0.3) is 0 Å². The molecule has 0 aromatic carbocycles. The number of aliphatic hydroxyl groups is 1. The van der Waals surface area contributed by atoms with E-state index in [0.717, 1.165) is 31.8 Å². The number of rotatable bonds is 6. The van der Waals surface area contributed by atoms with Crippen LogP contribution in [0.1, 0.15) is 29.6 Å². The van der Waals surface area contributed by atoms with Gasteiger partial charge in [-0.25, -0.2) is 4.68 Å². The van der Waals surface area contributed by atoms with Crippen LogP contribution in [0.15, 0.2) is 17.5 Å². The number of nitrogens with zero attached hydrogens (tertiary/aromatic N) is 5. The summed E-state index contributed by atoms with van der Waals surface area (Å²) in [6, 6.07) is 4.21. The summed E-state index contributed by atoms with van der Waals surface area (Å²) in [5.41, 5.74) is 0. The molecule has 8 heteroatoms. The summed E-state index contributed by atoms with van der Waals surface area (Å²) in [5.74, 6) is 0.843. The van der Waals surface area contributed by atoms with Crippen molar-refractivity contribution in [3.05, 3.63) is 28.2 Å². The summed E-state index contributed by atoms with van der Waals surface area (Å²) in [6.45, 7) is 2.91. The second-order valence-electron chi connectivity index (χ2n) is 5.44. The summed E-state index contributed by atoms with van der Waals surface area (Å²) in [7, 11) is 1.67. The molecule has 1 atom stereocenters. The van der Waals surface area contributed by atoms with Crippen molar-refractivity contribution in [1.29, 1.82) is 0 Å². The minimum atomic E-state index is -0.190. The minimum absolute atomic E-state index is 0.0411. The molecule has 1 N–H and O–H groups in total. The van der Waals surface area contributed by atoms with E-state index in [1.165, 1.54) is 4.88 Å². The second kappa shape index (κ2) is 7.28. The highest BCUT2D eigenvalue weighted by Gasteiger charge is 2.31. The smallest absolute Gasteiger partial charge is 0.173 e. The number of hydrogen-bond acceptors (Lipinski definition) is 7. The summed E-state index contributed by atoms with van der Waals surface area (Å²) < 4.78 is 6.96. The van der Waals surface area contributed by atoms with E-state index >= 15 is 0 Å². The Morgan fingerprint density at radius 3 is 2.95 bits per heavy atom. The molecular weight excluding hydrogens is 302 g/mol. The highest BCUT2D eigenvalue weighted by atomic mass is 32.1. The molecule has 0 saturated carbocycles. The summed E-state index contributed by atoms with van der Waals surface area (Å²) >= 11 is 1.71. The van der Waals surface area contributed by atoms with E-state index in [-0.39, 0.29) is 12.1 Å². The molecule has 2 aromatic heterocycles. The van der Waals surface area contributed by atoms with Crippen LogP contribution in [0.4, 0.5) is 0 Å². The molecule has 120 valence electrons. The van der Waals surface area contributed by atoms with Gasteiger partial charge in [-0.05, 0) is 34.7 Å². The maximum absolute atomic E-state index is 9.75. The predicted octanol–water partition coefficient (Wildman–Crippen LogP) is 0.927. The molecule has 0 amide bonds. The average molecular weight is 323 g/mol. The zero-order valence-corrected chi connectivity index (χ0v) is 13.4. The van der Waals surface area contributed by atoms with Gasteiger partial charge in [0.05, 0.1) is 19.3 Å². The lowest BCUT2D eigenvalue weighted by Gasteiger charge is -2.35. The Hall–Kier alpha value is -1.35. The van der Waals surface area contributed by atoms with E-state index in [1.807, 2.05) is 4.68 Å². The monoisotopic (exact) mass is 323 g/mol. The Morgan fingerprint density at radius 1 is 1.45 bits per heavy atom. The molecule has 1 fully saturated rings. The molecule has 3 rings (SSSR count). The van der Waals surface area contributed by atoms with Gasteiger partial charge in [-0.3, -0.25) is 4.90 Å². The zero-order valence-electron chi connectivity index (χ0n) is 12.6. The van der Waals surface area contributed by atoms with Crippen molar-refractivity contribution >= 4 is 11.3 Å². The SMILES string of the molecule is COCCn1nnnc1[C@H](c1cccs1)N1CCC(O)CC1. The van der Waals surface area contributed by atoms with E-state index in [4.69, 9.17) is 4.74 Å². The largest absolute Gasteiger partial charge is 0.393 e. The third-order valence-electron chi connectivity index (χ3n) is 3.99. The summed E-state index contributed by atoms with van der Waals surface area (Å²) in [5, 5.41) is 24.0. The first-order valence-electron chi connectivity index (χ1n) is 7.50. The molecule has 2 aromatic rings. The standard InChI is InChI=1S/C14H21N5O2S/c1-21-9-8-19-14(15-16-17-19)13(12-3-2-10-22-12)18-6-4-11(20)5-7-18/h2-3,10-11,13,20H,4-9H2,1H3/t13-/m0/s1. The van der Waals surface area contributed by atoms with Gasteiger partial charge < -0.3 is 9.84 Å². The van der Waals surface area contributed by atoms with Crippen LogP contribution in [-0.2, 0) is 11.3 Å². The molecule has 0 bridgehead atoms. The molecule has 0 unspecified atom stereocenters. The lowest BCUT2D eigenvalue weighted by Crippen LogP contribution is -2.39. The molecule has 1 aliphatic heterocycles. The first-order chi connectivity index (χ1) is 10.8. The fraction of sp³-hybridized carbons (Fsp3) is 0.643. The zero-order chi connectivity index (χ0) is 15.4. The van der Waals surface area contributed by atoms with Crippen LogP contribution in [0.25, 0.3) is 0 Å². The third kappa shape index (κ3) is 3.35. The number of methoxy groups -OCH3 is 1. The van der Waals surface area contributed by atoms with Crippen LogP contribution < -0.4 is 0 Å². The molecule has 1 aliphatic rings. The van der Waals surface area contributed by atoms with Gasteiger partial charge in [0.2, 0.25) is 0 Å². The first-order valence-corrected chi connectivity index (χ1v) is 8.38. The van der Waals surface area contributed by atoms with Gasteiger partial charge in [0, 0.05) is 25.1 Å². The number of thiophene rings is 1. The van der Waals surface area contributed by atoms with Crippen molar-refractivity contribution in [1.82, 2.24) is 25.1 Å². The van der Waals surface area contributed by atoms with Crippen molar-refractivity contribution in [2.45, 2.75) is 31.5 Å². The van der Waals surface area contributed by atoms with Crippen LogP contribution in [0.3, 0.4) is 0 Å². The number of tetrazole rings is 1. The number of likely N-dealkylation sites (tertiary alicyclic amines) is 1. The van der Waals surface area contributed by atoms with Crippen LogP contribution in [0.2, 0.25) is 0 Å². The fourth-order valence-electron chi connectivity index (χ4n) is 2.81. The van der Waals surface area contributed by atoms with Crippen molar-refractivity contribution in [3.63, 3.8) is 0 Å². The Bertz CT molecular complexity index is 566. The fourth-order valence-corrected chi connectivity index (χ4v) is 3.66. The Balaban J connectivity index is 1.87. The van der Waals surface area contributed by atoms with Gasteiger partial charge >= 0.3 is 0 Å². The van der Waals surface area contributed by atoms with Gasteiger partial charge in [-0.1, -0.05) is 6.07 Å². The molecule has 0 spiro atoms. The molecule has 7 nitrogen and oxygen atoms in total. The highest BCUT2D eigenvalue weighted by Crippen LogP contribution is 2.32. The number of aromatic nitrogens is 4. The van der Waals surface area contributed by atoms with Gasteiger partial charge in [0.15, 0.2) is 5.82 Å². The average Bonchev–Trinajstić information content (AvgIpc) is 3.20. The molecule has 22 heavy (non-hydrogen) atoms. The lowest BCUT2D eigenvalue weighted by atomic mass is 10.0. The lowest BCUT2D eigenvalue weighted by molar-refractivity contribution is 0.0663. The van der Waals surface area contributed by atoms with Crippen LogP contribution >= 0.6 is 11.3 Å². The molecular formula is C14H21N5O2S. The normalized spacial score (nSPS) is 18.6. The molecule has 3 heterocycles. The van der Waals surface area contributed by atoms with Crippen molar-refractivity contribution in [2.24, 2.45) is 0 Å². The highest BCUT2D eigenvalue weighted by molar-refractivity contribution is 7.10. The van der Waals surface area contributed by atoms with E-state index in [2.05, 4.69) is 37.9 Å². The number of piperidine rings is 1. The Labute approximate surface area is 133 Å². The van der Waals surface area contributed by atoms with Gasteiger partial charge in [-0.15, -0.1) is 16.4 Å². The first kappa shape index (κ1) is 15.5. The Morgan fingerprint density at radius 2 is 2.27 bits per heavy atom. The maximum atomic E-state index is 9.75. The summed E-state index contributed by atoms with van der Waals surface area (Å²) in [6.07, 6.45) is 1.40. The maximum Gasteiger partial charge on any atom is 0.173 e. The van der Waals surface area contributed by atoms with Crippen LogP contribution in [0.5, 0.6) is 0 Å². The number of hydrogen-bond donors (Lipinski definition) is 1.